The molecule has 1 aromatic carbocycles. The first-order chi connectivity index (χ1) is 14.2. The fourth-order valence-electron chi connectivity index (χ4n) is 3.30. The van der Waals surface area contributed by atoms with Gasteiger partial charge >= 0.3 is 6.09 Å². The van der Waals surface area contributed by atoms with Crippen LogP contribution in [0.1, 0.15) is 32.8 Å². The van der Waals surface area contributed by atoms with Crippen LogP contribution in [0.3, 0.4) is 0 Å². The number of guanidine groups is 1. The van der Waals surface area contributed by atoms with E-state index in [2.05, 4.69) is 20.5 Å². The molecule has 0 aliphatic carbocycles. The SMILES string of the molecule is CN=C(NCc1cc(OC)c(OC)c(OC)c1)N1CCC(NC(=O)OC(C)(C)C)C1. The van der Waals surface area contributed by atoms with Crippen molar-refractivity contribution in [2.24, 2.45) is 4.99 Å². The molecule has 1 aliphatic rings. The van der Waals surface area contributed by atoms with Crippen molar-refractivity contribution < 1.29 is 23.7 Å². The van der Waals surface area contributed by atoms with Crippen LogP contribution in [-0.4, -0.2) is 70.1 Å². The lowest BCUT2D eigenvalue weighted by Gasteiger charge is -2.23. The summed E-state index contributed by atoms with van der Waals surface area (Å²) in [4.78, 5) is 18.5. The first-order valence-corrected chi connectivity index (χ1v) is 9.94. The molecular formula is C21H34N4O5. The quantitative estimate of drug-likeness (QED) is 0.537. The average Bonchev–Trinajstić information content (AvgIpc) is 3.14. The summed E-state index contributed by atoms with van der Waals surface area (Å²) < 4.78 is 21.5. The number of benzene rings is 1. The minimum absolute atomic E-state index is 0.0135. The van der Waals surface area contributed by atoms with E-state index >= 15 is 0 Å². The second-order valence-corrected chi connectivity index (χ2v) is 8.01. The van der Waals surface area contributed by atoms with Gasteiger partial charge in [0.25, 0.3) is 0 Å². The van der Waals surface area contributed by atoms with E-state index in [1.165, 1.54) is 0 Å². The van der Waals surface area contributed by atoms with Crippen molar-refractivity contribution in [2.75, 3.05) is 41.5 Å². The molecule has 2 N–H and O–H groups in total. The summed E-state index contributed by atoms with van der Waals surface area (Å²) in [5.74, 6) is 2.53. The molecule has 1 unspecified atom stereocenters. The lowest BCUT2D eigenvalue weighted by atomic mass is 10.2. The number of carbonyl (C=O) groups excluding carboxylic acids is 1. The molecule has 1 fully saturated rings. The molecule has 30 heavy (non-hydrogen) atoms. The Balaban J connectivity index is 1.96. The van der Waals surface area contributed by atoms with Crippen molar-refractivity contribution in [3.05, 3.63) is 17.7 Å². The number of nitrogens with zero attached hydrogens (tertiary/aromatic N) is 2. The smallest absolute Gasteiger partial charge is 0.407 e. The summed E-state index contributed by atoms with van der Waals surface area (Å²) in [6, 6.07) is 3.82. The molecule has 9 heteroatoms. The Hall–Kier alpha value is -2.84. The van der Waals surface area contributed by atoms with E-state index in [0.29, 0.717) is 30.3 Å². The Bertz CT molecular complexity index is 735. The second-order valence-electron chi connectivity index (χ2n) is 8.01. The molecule has 2 rings (SSSR count). The minimum atomic E-state index is -0.513. The van der Waals surface area contributed by atoms with Crippen molar-refractivity contribution in [1.82, 2.24) is 15.5 Å². The maximum absolute atomic E-state index is 12.0. The zero-order valence-corrected chi connectivity index (χ0v) is 19.0. The molecule has 0 saturated carbocycles. The number of likely N-dealkylation sites (tertiary alicyclic amines) is 1. The number of carbonyl (C=O) groups is 1. The molecule has 1 aliphatic heterocycles. The summed E-state index contributed by atoms with van der Waals surface area (Å²) in [6.45, 7) is 7.53. The van der Waals surface area contributed by atoms with E-state index in [1.807, 2.05) is 32.9 Å². The van der Waals surface area contributed by atoms with Crippen LogP contribution in [0.15, 0.2) is 17.1 Å². The third-order valence-corrected chi connectivity index (χ3v) is 4.60. The van der Waals surface area contributed by atoms with Gasteiger partial charge in [0.15, 0.2) is 17.5 Å². The third kappa shape index (κ3) is 6.33. The van der Waals surface area contributed by atoms with Gasteiger partial charge in [0.2, 0.25) is 5.75 Å². The zero-order chi connectivity index (χ0) is 22.3. The fraction of sp³-hybridized carbons (Fsp3) is 0.619. The van der Waals surface area contributed by atoms with Crippen LogP contribution in [0.5, 0.6) is 17.2 Å². The van der Waals surface area contributed by atoms with E-state index in [4.69, 9.17) is 18.9 Å². The highest BCUT2D eigenvalue weighted by Gasteiger charge is 2.28. The number of methoxy groups -OCH3 is 3. The Kier molecular flexibility index (Phi) is 8.02. The standard InChI is InChI=1S/C21H34N4O5/c1-21(2,3)30-20(26)24-15-8-9-25(13-15)19(22-4)23-12-14-10-16(27-5)18(29-7)17(11-14)28-6/h10-11,15H,8-9,12-13H2,1-7H3,(H,22,23)(H,24,26). The Morgan fingerprint density at radius 2 is 1.80 bits per heavy atom. The van der Waals surface area contributed by atoms with Crippen molar-refractivity contribution >= 4 is 12.1 Å². The highest BCUT2D eigenvalue weighted by Crippen LogP contribution is 2.38. The van der Waals surface area contributed by atoms with Gasteiger partial charge in [-0.2, -0.15) is 0 Å². The lowest BCUT2D eigenvalue weighted by molar-refractivity contribution is 0.0507. The van der Waals surface area contributed by atoms with Crippen molar-refractivity contribution in [2.45, 2.75) is 45.4 Å². The minimum Gasteiger partial charge on any atom is -0.493 e. The Morgan fingerprint density at radius 1 is 1.17 bits per heavy atom. The first kappa shape index (κ1) is 23.4. The monoisotopic (exact) mass is 422 g/mol. The average molecular weight is 423 g/mol. The van der Waals surface area contributed by atoms with Crippen molar-refractivity contribution in [3.63, 3.8) is 0 Å². The van der Waals surface area contributed by atoms with Crippen LogP contribution in [0.25, 0.3) is 0 Å². The molecule has 0 radical (unpaired) electrons. The fourth-order valence-corrected chi connectivity index (χ4v) is 3.30. The Labute approximate surface area is 178 Å². The molecule has 1 amide bonds. The maximum Gasteiger partial charge on any atom is 0.407 e. The molecule has 1 saturated heterocycles. The van der Waals surface area contributed by atoms with Crippen LogP contribution < -0.4 is 24.8 Å². The molecule has 9 nitrogen and oxygen atoms in total. The molecule has 0 aromatic heterocycles. The van der Waals surface area contributed by atoms with Gasteiger partial charge in [0, 0.05) is 26.7 Å². The summed E-state index contributed by atoms with van der Waals surface area (Å²) in [6.07, 6.45) is 0.430. The van der Waals surface area contributed by atoms with Crippen molar-refractivity contribution in [1.29, 1.82) is 0 Å². The van der Waals surface area contributed by atoms with Crippen LogP contribution >= 0.6 is 0 Å². The predicted octanol–water partition coefficient (Wildman–Crippen LogP) is 2.39. The number of amides is 1. The summed E-state index contributed by atoms with van der Waals surface area (Å²) in [7, 11) is 6.51. The molecule has 1 atom stereocenters. The van der Waals surface area contributed by atoms with Gasteiger partial charge in [-0.05, 0) is 44.9 Å². The summed E-state index contributed by atoms with van der Waals surface area (Å²) >= 11 is 0. The lowest BCUT2D eigenvalue weighted by Crippen LogP contribution is -2.44. The summed E-state index contributed by atoms with van der Waals surface area (Å²) in [5, 5.41) is 6.29. The van der Waals surface area contributed by atoms with Gasteiger partial charge in [-0.25, -0.2) is 4.79 Å². The van der Waals surface area contributed by atoms with Gasteiger partial charge in [-0.3, -0.25) is 4.99 Å². The van der Waals surface area contributed by atoms with Gasteiger partial charge in [0.05, 0.1) is 27.4 Å². The number of nitrogens with one attached hydrogen (secondary N) is 2. The topological polar surface area (TPSA) is 93.7 Å². The van der Waals surface area contributed by atoms with Crippen LogP contribution in [0, 0.1) is 0 Å². The predicted molar refractivity (Wildman–Crippen MR) is 116 cm³/mol. The van der Waals surface area contributed by atoms with Crippen molar-refractivity contribution in [3.8, 4) is 17.2 Å². The molecular weight excluding hydrogens is 388 g/mol. The van der Waals surface area contributed by atoms with Gasteiger partial charge in [-0.1, -0.05) is 0 Å². The number of hydrogen-bond donors (Lipinski definition) is 2. The third-order valence-electron chi connectivity index (χ3n) is 4.60. The number of rotatable bonds is 6. The highest BCUT2D eigenvalue weighted by atomic mass is 16.6. The van der Waals surface area contributed by atoms with Gasteiger partial charge < -0.3 is 34.5 Å². The molecule has 168 valence electrons. The molecule has 0 bridgehead atoms. The number of hydrogen-bond acceptors (Lipinski definition) is 6. The largest absolute Gasteiger partial charge is 0.493 e. The van der Waals surface area contributed by atoms with Crippen LogP contribution in [0.2, 0.25) is 0 Å². The summed E-state index contributed by atoms with van der Waals surface area (Å²) in [5.41, 5.74) is 0.453. The maximum atomic E-state index is 12.0. The van der Waals surface area contributed by atoms with Gasteiger partial charge in [0.1, 0.15) is 5.60 Å². The van der Waals surface area contributed by atoms with E-state index in [9.17, 15) is 4.79 Å². The van der Waals surface area contributed by atoms with E-state index < -0.39 is 11.7 Å². The zero-order valence-electron chi connectivity index (χ0n) is 19.0. The van der Waals surface area contributed by atoms with Crippen LogP contribution in [-0.2, 0) is 11.3 Å². The first-order valence-electron chi connectivity index (χ1n) is 9.94. The van der Waals surface area contributed by atoms with E-state index in [-0.39, 0.29) is 6.04 Å². The number of ether oxygens (including phenoxy) is 4. The van der Waals surface area contributed by atoms with E-state index in [1.54, 1.807) is 28.4 Å². The normalized spacial score (nSPS) is 16.8. The number of aliphatic imine (C=N–C) groups is 1. The van der Waals surface area contributed by atoms with E-state index in [0.717, 1.165) is 24.5 Å². The highest BCUT2D eigenvalue weighted by molar-refractivity contribution is 5.80. The van der Waals surface area contributed by atoms with Gasteiger partial charge in [-0.15, -0.1) is 0 Å². The molecule has 1 heterocycles. The molecule has 0 spiro atoms. The van der Waals surface area contributed by atoms with Crippen LogP contribution in [0.4, 0.5) is 4.79 Å². The molecule has 1 aromatic rings. The number of alkyl carbamates (subject to hydrolysis) is 1. The second kappa shape index (κ2) is 10.3. The Morgan fingerprint density at radius 3 is 2.30 bits per heavy atom.